The van der Waals surface area contributed by atoms with Gasteiger partial charge in [-0.15, -0.1) is 11.3 Å². The maximum Gasteiger partial charge on any atom is 0.259 e. The van der Waals surface area contributed by atoms with Crippen molar-refractivity contribution in [3.8, 4) is 0 Å². The van der Waals surface area contributed by atoms with E-state index in [4.69, 9.17) is 4.55 Å². The fourth-order valence-corrected chi connectivity index (χ4v) is 5.76. The number of β-amino-alcohol motifs (C(OH)–C–C–N with tert-alkyl or cyclic N) is 1. The van der Waals surface area contributed by atoms with Crippen LogP contribution in [-0.4, -0.2) is 39.7 Å². The number of unbranched alkanes of at least 4 members (excludes halogenated alkanes) is 1. The van der Waals surface area contributed by atoms with Crippen LogP contribution >= 0.6 is 11.3 Å². The van der Waals surface area contributed by atoms with Crippen LogP contribution in [0.4, 0.5) is 5.00 Å². The van der Waals surface area contributed by atoms with E-state index in [0.717, 1.165) is 24.2 Å². The molecule has 2 rings (SSSR count). The number of hydrogen-bond acceptors (Lipinski definition) is 5. The molecule has 2 heterocycles. The van der Waals surface area contributed by atoms with E-state index in [0.29, 0.717) is 6.54 Å². The molecule has 1 aliphatic heterocycles. The topological polar surface area (TPSA) is 107 Å². The molecule has 0 amide bonds. The van der Waals surface area contributed by atoms with Crippen molar-refractivity contribution in [3.05, 3.63) is 11.6 Å². The second-order valence-corrected chi connectivity index (χ2v) is 8.32. The van der Waals surface area contributed by atoms with E-state index >= 15 is 0 Å². The molecule has 0 fully saturated rings. The van der Waals surface area contributed by atoms with Crippen LogP contribution in [-0.2, 0) is 21.3 Å². The first-order chi connectivity index (χ1) is 9.36. The molecule has 0 saturated heterocycles. The number of sulfonamides is 1. The van der Waals surface area contributed by atoms with Crippen LogP contribution < -0.4 is 4.72 Å². The minimum Gasteiger partial charge on any atom is -0.387 e. The number of aliphatic hydroxyl groups excluding tert-OH is 1. The van der Waals surface area contributed by atoms with Crippen molar-refractivity contribution < 1.29 is 22.3 Å². The summed E-state index contributed by atoms with van der Waals surface area (Å²) in [6.07, 6.45) is 0.665. The highest BCUT2D eigenvalue weighted by molar-refractivity contribution is 7.91. The zero-order valence-corrected chi connectivity index (χ0v) is 13.2. The van der Waals surface area contributed by atoms with E-state index in [-0.39, 0.29) is 21.3 Å². The van der Waals surface area contributed by atoms with Crippen molar-refractivity contribution in [2.75, 3.05) is 17.8 Å². The van der Waals surface area contributed by atoms with Gasteiger partial charge in [0, 0.05) is 18.7 Å². The molecule has 20 heavy (non-hydrogen) atoms. The lowest BCUT2D eigenvalue weighted by Gasteiger charge is -2.29. The Morgan fingerprint density at radius 2 is 2.30 bits per heavy atom. The summed E-state index contributed by atoms with van der Waals surface area (Å²) in [4.78, 5) is 0. The van der Waals surface area contributed by atoms with Gasteiger partial charge in [-0.3, -0.25) is 9.27 Å². The van der Waals surface area contributed by atoms with Gasteiger partial charge in [0.1, 0.15) is 9.21 Å². The van der Waals surface area contributed by atoms with Crippen molar-refractivity contribution in [2.45, 2.75) is 30.1 Å². The molecule has 0 radical (unpaired) electrons. The van der Waals surface area contributed by atoms with Gasteiger partial charge in [-0.25, -0.2) is 12.6 Å². The lowest BCUT2D eigenvalue weighted by atomic mass is 10.2. The highest BCUT2D eigenvalue weighted by Crippen LogP contribution is 2.40. The van der Waals surface area contributed by atoms with Crippen LogP contribution in [0.15, 0.2) is 10.3 Å². The average molecular weight is 340 g/mol. The van der Waals surface area contributed by atoms with Crippen LogP contribution in [0.5, 0.6) is 0 Å². The Labute approximate surface area is 124 Å². The quantitative estimate of drug-likeness (QED) is 0.697. The first kappa shape index (κ1) is 15.9. The summed E-state index contributed by atoms with van der Waals surface area (Å²) in [5, 5.41) is 10.3. The van der Waals surface area contributed by atoms with Crippen LogP contribution in [0.25, 0.3) is 0 Å². The van der Waals surface area contributed by atoms with Crippen molar-refractivity contribution in [3.63, 3.8) is 0 Å². The molecule has 1 unspecified atom stereocenters. The van der Waals surface area contributed by atoms with Gasteiger partial charge in [0.25, 0.3) is 21.3 Å². The third-order valence-corrected chi connectivity index (χ3v) is 6.97. The first-order valence-electron chi connectivity index (χ1n) is 6.05. The monoisotopic (exact) mass is 340 g/mol. The number of aliphatic hydroxyl groups is 1. The highest BCUT2D eigenvalue weighted by Gasteiger charge is 2.38. The van der Waals surface area contributed by atoms with Gasteiger partial charge in [0.05, 0.1) is 6.10 Å². The molecular formula is C10H16N2O5S3. The third-order valence-electron chi connectivity index (χ3n) is 2.98. The summed E-state index contributed by atoms with van der Waals surface area (Å²) in [5.74, 6) is 0. The van der Waals surface area contributed by atoms with Crippen molar-refractivity contribution in [2.24, 2.45) is 0 Å². The molecule has 1 aliphatic rings. The summed E-state index contributed by atoms with van der Waals surface area (Å²) < 4.78 is 47.9. The SMILES string of the molecule is CCCCN1C[C@@H](O)c2cc(NS(=O)O)sc2S1(=O)=O. The van der Waals surface area contributed by atoms with E-state index in [1.165, 1.54) is 10.4 Å². The van der Waals surface area contributed by atoms with Gasteiger partial charge in [-0.05, 0) is 12.5 Å². The van der Waals surface area contributed by atoms with E-state index in [9.17, 15) is 17.7 Å². The zero-order valence-electron chi connectivity index (χ0n) is 10.8. The van der Waals surface area contributed by atoms with Crippen LogP contribution in [0.1, 0.15) is 31.4 Å². The van der Waals surface area contributed by atoms with Gasteiger partial charge in [-0.1, -0.05) is 13.3 Å². The summed E-state index contributed by atoms with van der Waals surface area (Å²) in [6.45, 7) is 2.35. The summed E-state index contributed by atoms with van der Waals surface area (Å²) >= 11 is -1.42. The van der Waals surface area contributed by atoms with Crippen LogP contribution in [0.2, 0.25) is 0 Å². The third kappa shape index (κ3) is 3.05. The first-order valence-corrected chi connectivity index (χ1v) is 9.42. The molecule has 1 aromatic rings. The second-order valence-electron chi connectivity index (χ2n) is 4.44. The predicted octanol–water partition coefficient (Wildman–Crippen LogP) is 1.13. The summed E-state index contributed by atoms with van der Waals surface area (Å²) in [7, 11) is -3.63. The largest absolute Gasteiger partial charge is 0.387 e. The molecule has 10 heteroatoms. The number of nitrogens with zero attached hydrogens (tertiary/aromatic N) is 1. The Morgan fingerprint density at radius 1 is 1.60 bits per heavy atom. The molecule has 0 aromatic carbocycles. The van der Waals surface area contributed by atoms with E-state index in [1.54, 1.807) is 0 Å². The Bertz CT molecular complexity index is 612. The molecule has 0 saturated carbocycles. The van der Waals surface area contributed by atoms with Gasteiger partial charge in [0.15, 0.2) is 0 Å². The molecule has 0 spiro atoms. The number of hydrogen-bond donors (Lipinski definition) is 3. The Morgan fingerprint density at radius 3 is 2.90 bits per heavy atom. The Kier molecular flexibility index (Phi) is 4.82. The fraction of sp³-hybridized carbons (Fsp3) is 0.600. The van der Waals surface area contributed by atoms with Gasteiger partial charge >= 0.3 is 0 Å². The fourth-order valence-electron chi connectivity index (χ4n) is 2.01. The minimum atomic E-state index is -3.63. The van der Waals surface area contributed by atoms with E-state index in [1.807, 2.05) is 6.92 Å². The van der Waals surface area contributed by atoms with Crippen molar-refractivity contribution in [1.29, 1.82) is 0 Å². The molecule has 0 aliphatic carbocycles. The predicted molar refractivity (Wildman–Crippen MR) is 77.3 cm³/mol. The molecule has 1 aromatic heterocycles. The van der Waals surface area contributed by atoms with Crippen LogP contribution in [0.3, 0.4) is 0 Å². The smallest absolute Gasteiger partial charge is 0.259 e. The number of anilines is 1. The summed E-state index contributed by atoms with van der Waals surface area (Å²) in [5.41, 5.74) is 0.288. The Balaban J connectivity index is 2.37. The molecule has 0 bridgehead atoms. The normalized spacial score (nSPS) is 23.2. The molecule has 114 valence electrons. The standard InChI is InChI=1S/C10H16N2O5S3/c1-2-3-4-12-6-8(13)7-5-9(11-19(14)15)18-10(7)20(12,16)17/h5,8,11,13H,2-4,6H2,1H3,(H,14,15)/t8-/m1/s1. The van der Waals surface area contributed by atoms with E-state index in [2.05, 4.69) is 4.72 Å². The molecule has 3 N–H and O–H groups in total. The number of nitrogens with one attached hydrogen (secondary N) is 1. The van der Waals surface area contributed by atoms with Gasteiger partial charge in [-0.2, -0.15) is 4.31 Å². The second kappa shape index (κ2) is 6.08. The maximum absolute atomic E-state index is 12.4. The average Bonchev–Trinajstić information content (AvgIpc) is 2.76. The Hall–Kier alpha value is -0.520. The van der Waals surface area contributed by atoms with Crippen molar-refractivity contribution in [1.82, 2.24) is 4.31 Å². The number of fused-ring (bicyclic) bond motifs is 1. The lowest BCUT2D eigenvalue weighted by molar-refractivity contribution is 0.139. The van der Waals surface area contributed by atoms with Gasteiger partial charge in [0.2, 0.25) is 0 Å². The van der Waals surface area contributed by atoms with Crippen molar-refractivity contribution >= 4 is 37.6 Å². The van der Waals surface area contributed by atoms with E-state index < -0.39 is 27.4 Å². The molecular weight excluding hydrogens is 324 g/mol. The number of thiophene rings is 1. The lowest BCUT2D eigenvalue weighted by Crippen LogP contribution is -2.39. The van der Waals surface area contributed by atoms with Gasteiger partial charge < -0.3 is 5.11 Å². The number of rotatable bonds is 5. The summed E-state index contributed by atoms with van der Waals surface area (Å²) in [6, 6.07) is 1.41. The van der Waals surface area contributed by atoms with Crippen LogP contribution in [0, 0.1) is 0 Å². The highest BCUT2D eigenvalue weighted by atomic mass is 32.2. The zero-order chi connectivity index (χ0) is 14.9. The molecule has 2 atom stereocenters. The molecule has 7 nitrogen and oxygen atoms in total. The maximum atomic E-state index is 12.4. The minimum absolute atomic E-state index is 0.0215.